The van der Waals surface area contributed by atoms with Gasteiger partial charge in [0.15, 0.2) is 0 Å². The number of hydrogen-bond donors (Lipinski definition) is 1. The third-order valence-electron chi connectivity index (χ3n) is 6.31. The van der Waals surface area contributed by atoms with Crippen LogP contribution in [-0.4, -0.2) is 47.6 Å². The fourth-order valence-corrected chi connectivity index (χ4v) is 5.58. The van der Waals surface area contributed by atoms with E-state index in [-0.39, 0.29) is 0 Å². The van der Waals surface area contributed by atoms with E-state index in [1.165, 1.54) is 35.4 Å². The number of rotatable bonds is 8. The number of aromatic nitrogens is 3. The van der Waals surface area contributed by atoms with Gasteiger partial charge in [0, 0.05) is 36.4 Å². The summed E-state index contributed by atoms with van der Waals surface area (Å²) in [5.41, 5.74) is 4.60. The molecule has 0 unspecified atom stereocenters. The van der Waals surface area contributed by atoms with Crippen LogP contribution in [0.3, 0.4) is 0 Å². The molecule has 9 heteroatoms. The van der Waals surface area contributed by atoms with Crippen LogP contribution in [0.5, 0.6) is 0 Å². The SMILES string of the molecule is CS(=O)(=O)N(c1ccc(CN2CCCCC2)cc1)c1cccc(Nc2nccc(-c3cccnc3)n2)c1. The van der Waals surface area contributed by atoms with E-state index < -0.39 is 10.0 Å². The van der Waals surface area contributed by atoms with Crippen LogP contribution in [0.1, 0.15) is 24.8 Å². The molecule has 1 aliphatic rings. The molecular formula is C28H30N6O2S. The maximum atomic E-state index is 12.9. The van der Waals surface area contributed by atoms with E-state index in [0.717, 1.165) is 30.9 Å². The molecule has 1 N–H and O–H groups in total. The van der Waals surface area contributed by atoms with E-state index in [1.54, 1.807) is 30.7 Å². The minimum Gasteiger partial charge on any atom is -0.324 e. The van der Waals surface area contributed by atoms with Crippen LogP contribution in [0.15, 0.2) is 85.3 Å². The smallest absolute Gasteiger partial charge is 0.236 e. The van der Waals surface area contributed by atoms with Crippen LogP contribution in [-0.2, 0) is 16.6 Å². The summed E-state index contributed by atoms with van der Waals surface area (Å²) in [4.78, 5) is 15.5. The molecule has 0 amide bonds. The zero-order valence-electron chi connectivity index (χ0n) is 20.8. The molecule has 5 rings (SSSR count). The molecule has 3 heterocycles. The fourth-order valence-electron chi connectivity index (χ4n) is 4.58. The third kappa shape index (κ3) is 6.31. The molecule has 4 aromatic rings. The molecule has 0 bridgehead atoms. The Bertz CT molecular complexity index is 1440. The Labute approximate surface area is 218 Å². The summed E-state index contributed by atoms with van der Waals surface area (Å²) in [5, 5.41) is 3.20. The van der Waals surface area contributed by atoms with Crippen LogP contribution in [0.4, 0.5) is 23.0 Å². The molecule has 0 spiro atoms. The van der Waals surface area contributed by atoms with E-state index in [4.69, 9.17) is 0 Å². The van der Waals surface area contributed by atoms with E-state index >= 15 is 0 Å². The number of benzene rings is 2. The van der Waals surface area contributed by atoms with Gasteiger partial charge in [-0.3, -0.25) is 9.88 Å². The number of hydrogen-bond acceptors (Lipinski definition) is 7. The van der Waals surface area contributed by atoms with Crippen molar-refractivity contribution in [2.24, 2.45) is 0 Å². The number of nitrogens with one attached hydrogen (secondary N) is 1. The lowest BCUT2D eigenvalue weighted by atomic mass is 10.1. The first kappa shape index (κ1) is 24.9. The molecule has 0 radical (unpaired) electrons. The monoisotopic (exact) mass is 514 g/mol. The molecular weight excluding hydrogens is 484 g/mol. The molecule has 37 heavy (non-hydrogen) atoms. The topological polar surface area (TPSA) is 91.3 Å². The van der Waals surface area contributed by atoms with Gasteiger partial charge in [-0.2, -0.15) is 0 Å². The van der Waals surface area contributed by atoms with Crippen molar-refractivity contribution in [3.05, 3.63) is 90.9 Å². The van der Waals surface area contributed by atoms with Gasteiger partial charge in [-0.1, -0.05) is 24.6 Å². The Balaban J connectivity index is 1.37. The van der Waals surface area contributed by atoms with Crippen LogP contribution in [0.2, 0.25) is 0 Å². The van der Waals surface area contributed by atoms with E-state index in [9.17, 15) is 8.42 Å². The van der Waals surface area contributed by atoms with Crippen molar-refractivity contribution in [2.45, 2.75) is 25.8 Å². The lowest BCUT2D eigenvalue weighted by Crippen LogP contribution is -2.29. The largest absolute Gasteiger partial charge is 0.324 e. The minimum atomic E-state index is -3.59. The summed E-state index contributed by atoms with van der Waals surface area (Å²) in [7, 11) is -3.59. The van der Waals surface area contributed by atoms with Crippen molar-refractivity contribution in [1.29, 1.82) is 0 Å². The highest BCUT2D eigenvalue weighted by Crippen LogP contribution is 2.31. The van der Waals surface area contributed by atoms with Crippen molar-refractivity contribution in [1.82, 2.24) is 19.9 Å². The number of anilines is 4. The van der Waals surface area contributed by atoms with Crippen molar-refractivity contribution in [2.75, 3.05) is 29.0 Å². The summed E-state index contributed by atoms with van der Waals surface area (Å²) in [5.74, 6) is 0.409. The number of nitrogens with zero attached hydrogens (tertiary/aromatic N) is 5. The normalized spacial score (nSPS) is 14.3. The lowest BCUT2D eigenvalue weighted by molar-refractivity contribution is 0.221. The Morgan fingerprint density at radius 1 is 0.919 bits per heavy atom. The second-order valence-corrected chi connectivity index (χ2v) is 11.0. The fraction of sp³-hybridized carbons (Fsp3) is 0.250. The summed E-state index contributed by atoms with van der Waals surface area (Å²) < 4.78 is 27.1. The van der Waals surface area contributed by atoms with Crippen LogP contribution in [0.25, 0.3) is 11.3 Å². The highest BCUT2D eigenvalue weighted by Gasteiger charge is 2.20. The lowest BCUT2D eigenvalue weighted by Gasteiger charge is -2.27. The molecule has 0 saturated carbocycles. The van der Waals surface area contributed by atoms with Crippen molar-refractivity contribution >= 4 is 33.0 Å². The Morgan fingerprint density at radius 3 is 2.46 bits per heavy atom. The number of pyridine rings is 1. The van der Waals surface area contributed by atoms with Gasteiger partial charge in [0.25, 0.3) is 0 Å². The van der Waals surface area contributed by atoms with Crippen molar-refractivity contribution in [3.63, 3.8) is 0 Å². The van der Waals surface area contributed by atoms with E-state index in [2.05, 4.69) is 25.2 Å². The standard InChI is InChI=1S/C28H30N6O2S/c1-37(35,36)34(25-12-10-22(11-13-25)21-33-17-3-2-4-18-33)26-9-5-8-24(19-26)31-28-30-16-14-27(32-28)23-7-6-15-29-20-23/h5-16,19-20H,2-4,17-18,21H2,1H3,(H,30,31,32). The van der Waals surface area contributed by atoms with Crippen molar-refractivity contribution in [3.8, 4) is 11.3 Å². The van der Waals surface area contributed by atoms with Gasteiger partial charge < -0.3 is 5.32 Å². The Hall–Kier alpha value is -3.82. The first-order valence-electron chi connectivity index (χ1n) is 12.4. The minimum absolute atomic E-state index is 0.409. The zero-order chi connectivity index (χ0) is 25.7. The molecule has 1 aliphatic heterocycles. The molecule has 8 nitrogen and oxygen atoms in total. The highest BCUT2D eigenvalue weighted by atomic mass is 32.2. The van der Waals surface area contributed by atoms with Gasteiger partial charge in [0.05, 0.1) is 23.3 Å². The molecule has 0 atom stereocenters. The average Bonchev–Trinajstić information content (AvgIpc) is 2.91. The Morgan fingerprint density at radius 2 is 1.73 bits per heavy atom. The van der Waals surface area contributed by atoms with Crippen LogP contribution in [0, 0.1) is 0 Å². The van der Waals surface area contributed by atoms with Crippen LogP contribution >= 0.6 is 0 Å². The second-order valence-electron chi connectivity index (χ2n) is 9.21. The predicted molar refractivity (Wildman–Crippen MR) is 148 cm³/mol. The summed E-state index contributed by atoms with van der Waals surface area (Å²) in [6, 6.07) is 20.6. The second kappa shape index (κ2) is 11.1. The highest BCUT2D eigenvalue weighted by molar-refractivity contribution is 7.92. The number of sulfonamides is 1. The summed E-state index contributed by atoms with van der Waals surface area (Å²) in [6.07, 6.45) is 10.1. The van der Waals surface area contributed by atoms with E-state index in [1.807, 2.05) is 54.6 Å². The van der Waals surface area contributed by atoms with Gasteiger partial charge in [-0.05, 0) is 80.0 Å². The first-order chi connectivity index (χ1) is 18.0. The van der Waals surface area contributed by atoms with E-state index in [0.29, 0.717) is 23.0 Å². The van der Waals surface area contributed by atoms with Gasteiger partial charge in [0.2, 0.25) is 16.0 Å². The molecule has 2 aromatic heterocycles. The van der Waals surface area contributed by atoms with Gasteiger partial charge >= 0.3 is 0 Å². The number of piperidine rings is 1. The quantitative estimate of drug-likeness (QED) is 0.338. The maximum Gasteiger partial charge on any atom is 0.236 e. The first-order valence-corrected chi connectivity index (χ1v) is 14.2. The molecule has 1 saturated heterocycles. The average molecular weight is 515 g/mol. The molecule has 190 valence electrons. The molecule has 1 fully saturated rings. The zero-order valence-corrected chi connectivity index (χ0v) is 21.6. The Kier molecular flexibility index (Phi) is 7.43. The molecule has 0 aliphatic carbocycles. The summed E-state index contributed by atoms with van der Waals surface area (Å²) in [6.45, 7) is 3.12. The maximum absolute atomic E-state index is 12.9. The number of likely N-dealkylation sites (tertiary alicyclic amines) is 1. The van der Waals surface area contributed by atoms with Crippen molar-refractivity contribution < 1.29 is 8.42 Å². The molecule has 2 aromatic carbocycles. The van der Waals surface area contributed by atoms with Gasteiger partial charge in [-0.15, -0.1) is 0 Å². The predicted octanol–water partition coefficient (Wildman–Crippen LogP) is 5.37. The van der Waals surface area contributed by atoms with Crippen LogP contribution < -0.4 is 9.62 Å². The third-order valence-corrected chi connectivity index (χ3v) is 7.39. The van der Waals surface area contributed by atoms with Gasteiger partial charge in [-0.25, -0.2) is 22.7 Å². The summed E-state index contributed by atoms with van der Waals surface area (Å²) >= 11 is 0. The van der Waals surface area contributed by atoms with Gasteiger partial charge in [0.1, 0.15) is 0 Å².